The molecular formula is C28H41NO2. The van der Waals surface area contributed by atoms with Crippen molar-refractivity contribution >= 4 is 0 Å². The Hall–Kier alpha value is -1.84. The monoisotopic (exact) mass is 423 g/mol. The highest BCUT2D eigenvalue weighted by molar-refractivity contribution is 5.35. The van der Waals surface area contributed by atoms with Gasteiger partial charge in [0.05, 0.1) is 12.2 Å². The molecule has 1 saturated heterocycles. The molecule has 2 aromatic carbocycles. The van der Waals surface area contributed by atoms with Gasteiger partial charge in [-0.2, -0.15) is 0 Å². The van der Waals surface area contributed by atoms with Crippen LogP contribution in [0.15, 0.2) is 54.6 Å². The highest BCUT2D eigenvalue weighted by atomic mass is 16.5. The van der Waals surface area contributed by atoms with Crippen LogP contribution in [-0.2, 0) is 5.60 Å². The fraction of sp³-hybridized carbons (Fsp3) is 0.571. The van der Waals surface area contributed by atoms with Gasteiger partial charge >= 0.3 is 0 Å². The highest BCUT2D eigenvalue weighted by Crippen LogP contribution is 2.42. The summed E-state index contributed by atoms with van der Waals surface area (Å²) in [5.41, 5.74) is 1.36. The minimum Gasteiger partial charge on any atom is -0.494 e. The summed E-state index contributed by atoms with van der Waals surface area (Å²) < 4.78 is 5.66. The Balaban J connectivity index is 1.94. The average Bonchev–Trinajstić information content (AvgIpc) is 2.82. The first kappa shape index (κ1) is 23.8. The van der Waals surface area contributed by atoms with Crippen LogP contribution in [0.5, 0.6) is 5.75 Å². The first-order valence-corrected chi connectivity index (χ1v) is 12.4. The maximum Gasteiger partial charge on any atom is 0.119 e. The number of unbranched alkanes of at least 4 members (excludes halogenated alkanes) is 3. The van der Waals surface area contributed by atoms with Crippen molar-refractivity contribution in [3.05, 3.63) is 65.7 Å². The van der Waals surface area contributed by atoms with E-state index in [1.54, 1.807) is 0 Å². The Kier molecular flexibility index (Phi) is 9.42. The van der Waals surface area contributed by atoms with Crippen LogP contribution in [0.2, 0.25) is 0 Å². The number of piperidine rings is 1. The standard InChI is InChI=1S/C28H41NO2/c1-3-5-6-11-20-28(30,25-16-18-26(19-17-25)31-4-2)27(24-14-9-7-10-15-24)23-29-21-12-8-13-22-29/h7,9-10,14-19,27,30H,3-6,8,11-13,20-23H2,1-2H3/t27-,28-/m0/s1. The number of aliphatic hydroxyl groups is 1. The molecule has 2 atom stereocenters. The van der Waals surface area contributed by atoms with Crippen molar-refractivity contribution in [1.29, 1.82) is 0 Å². The van der Waals surface area contributed by atoms with Crippen molar-refractivity contribution in [1.82, 2.24) is 4.90 Å². The van der Waals surface area contributed by atoms with E-state index in [9.17, 15) is 5.11 Å². The lowest BCUT2D eigenvalue weighted by Crippen LogP contribution is -2.42. The van der Waals surface area contributed by atoms with E-state index in [0.717, 1.165) is 43.8 Å². The van der Waals surface area contributed by atoms with Gasteiger partial charge in [0.1, 0.15) is 5.75 Å². The minimum absolute atomic E-state index is 0.0476. The van der Waals surface area contributed by atoms with Gasteiger partial charge in [-0.15, -0.1) is 0 Å². The topological polar surface area (TPSA) is 32.7 Å². The van der Waals surface area contributed by atoms with Gasteiger partial charge in [0.15, 0.2) is 0 Å². The number of likely N-dealkylation sites (tertiary alicyclic amines) is 1. The van der Waals surface area contributed by atoms with Gasteiger partial charge in [-0.3, -0.25) is 0 Å². The van der Waals surface area contributed by atoms with E-state index in [0.29, 0.717) is 6.61 Å². The number of hydrogen-bond donors (Lipinski definition) is 1. The van der Waals surface area contributed by atoms with Crippen molar-refractivity contribution in [3.63, 3.8) is 0 Å². The van der Waals surface area contributed by atoms with E-state index in [2.05, 4.69) is 54.3 Å². The van der Waals surface area contributed by atoms with Crippen LogP contribution < -0.4 is 4.74 Å². The molecule has 2 aromatic rings. The Bertz CT molecular complexity index is 739. The van der Waals surface area contributed by atoms with Gasteiger partial charge in [0.2, 0.25) is 0 Å². The molecule has 0 aliphatic carbocycles. The molecule has 1 N–H and O–H groups in total. The molecule has 3 rings (SSSR count). The fourth-order valence-electron chi connectivity index (χ4n) is 4.97. The van der Waals surface area contributed by atoms with Crippen LogP contribution in [-0.4, -0.2) is 36.2 Å². The summed E-state index contributed by atoms with van der Waals surface area (Å²) in [6.45, 7) is 8.07. The van der Waals surface area contributed by atoms with E-state index in [-0.39, 0.29) is 5.92 Å². The van der Waals surface area contributed by atoms with Gasteiger partial charge in [-0.05, 0) is 62.5 Å². The van der Waals surface area contributed by atoms with Crippen molar-refractivity contribution in [2.45, 2.75) is 76.7 Å². The van der Waals surface area contributed by atoms with Crippen molar-refractivity contribution in [2.75, 3.05) is 26.2 Å². The quantitative estimate of drug-likeness (QED) is 0.395. The largest absolute Gasteiger partial charge is 0.494 e. The van der Waals surface area contributed by atoms with Gasteiger partial charge in [-0.25, -0.2) is 0 Å². The number of nitrogens with zero attached hydrogens (tertiary/aromatic N) is 1. The molecule has 170 valence electrons. The molecule has 0 spiro atoms. The van der Waals surface area contributed by atoms with Crippen molar-refractivity contribution in [2.24, 2.45) is 0 Å². The Morgan fingerprint density at radius 2 is 1.61 bits per heavy atom. The summed E-state index contributed by atoms with van der Waals surface area (Å²) in [7, 11) is 0. The van der Waals surface area contributed by atoms with E-state index in [1.807, 2.05) is 19.1 Å². The molecule has 0 saturated carbocycles. The predicted molar refractivity (Wildman–Crippen MR) is 130 cm³/mol. The third-order valence-corrected chi connectivity index (χ3v) is 6.74. The second kappa shape index (κ2) is 12.3. The van der Waals surface area contributed by atoms with Crippen molar-refractivity contribution < 1.29 is 9.84 Å². The number of rotatable bonds is 12. The SMILES string of the molecule is CCCCCC[C@](O)(c1ccc(OCC)cc1)[C@@H](CN1CCCCC1)c1ccccc1. The van der Waals surface area contributed by atoms with Crippen LogP contribution in [0.1, 0.15) is 82.3 Å². The Morgan fingerprint density at radius 3 is 2.26 bits per heavy atom. The lowest BCUT2D eigenvalue weighted by Gasteiger charge is -2.41. The molecule has 0 amide bonds. The van der Waals surface area contributed by atoms with E-state index >= 15 is 0 Å². The third kappa shape index (κ3) is 6.57. The predicted octanol–water partition coefficient (Wildman–Crippen LogP) is 6.51. The lowest BCUT2D eigenvalue weighted by atomic mass is 9.73. The van der Waals surface area contributed by atoms with Crippen molar-refractivity contribution in [3.8, 4) is 5.75 Å². The molecule has 3 nitrogen and oxygen atoms in total. The first-order chi connectivity index (χ1) is 15.2. The summed E-state index contributed by atoms with van der Waals surface area (Å²) in [6.07, 6.45) is 9.28. The maximum atomic E-state index is 12.4. The van der Waals surface area contributed by atoms with E-state index in [1.165, 1.54) is 44.1 Å². The van der Waals surface area contributed by atoms with Gasteiger partial charge < -0.3 is 14.7 Å². The van der Waals surface area contributed by atoms with Crippen LogP contribution in [0.25, 0.3) is 0 Å². The normalized spacial score (nSPS) is 17.8. The molecule has 0 unspecified atom stereocenters. The van der Waals surface area contributed by atoms with E-state index < -0.39 is 5.60 Å². The van der Waals surface area contributed by atoms with E-state index in [4.69, 9.17) is 4.74 Å². The Morgan fingerprint density at radius 1 is 0.903 bits per heavy atom. The summed E-state index contributed by atoms with van der Waals surface area (Å²) in [6, 6.07) is 18.9. The molecule has 31 heavy (non-hydrogen) atoms. The molecule has 0 bridgehead atoms. The smallest absolute Gasteiger partial charge is 0.119 e. The fourth-order valence-corrected chi connectivity index (χ4v) is 4.97. The summed E-state index contributed by atoms with van der Waals surface area (Å²) in [5.74, 6) is 0.915. The second-order valence-corrected chi connectivity index (χ2v) is 9.02. The molecule has 3 heteroatoms. The zero-order valence-corrected chi connectivity index (χ0v) is 19.6. The van der Waals surface area contributed by atoms with Gasteiger partial charge in [-0.1, -0.05) is 81.5 Å². The van der Waals surface area contributed by atoms with Crippen LogP contribution in [0, 0.1) is 0 Å². The highest BCUT2D eigenvalue weighted by Gasteiger charge is 2.40. The molecule has 1 aliphatic rings. The summed E-state index contributed by atoms with van der Waals surface area (Å²) in [4.78, 5) is 2.56. The van der Waals surface area contributed by atoms with Crippen LogP contribution >= 0.6 is 0 Å². The molecule has 0 aromatic heterocycles. The Labute approximate surface area is 189 Å². The molecule has 0 radical (unpaired) electrons. The van der Waals surface area contributed by atoms with Crippen LogP contribution in [0.3, 0.4) is 0 Å². The second-order valence-electron chi connectivity index (χ2n) is 9.02. The zero-order valence-electron chi connectivity index (χ0n) is 19.6. The van der Waals surface area contributed by atoms with Gasteiger partial charge in [0.25, 0.3) is 0 Å². The number of ether oxygens (including phenoxy) is 1. The number of benzene rings is 2. The summed E-state index contributed by atoms with van der Waals surface area (Å²) in [5, 5.41) is 12.4. The van der Waals surface area contributed by atoms with Crippen LogP contribution in [0.4, 0.5) is 0 Å². The third-order valence-electron chi connectivity index (χ3n) is 6.74. The zero-order chi connectivity index (χ0) is 21.9. The lowest BCUT2D eigenvalue weighted by molar-refractivity contribution is -0.0167. The maximum absolute atomic E-state index is 12.4. The molecule has 1 fully saturated rings. The molecule has 1 heterocycles. The minimum atomic E-state index is -0.892. The first-order valence-electron chi connectivity index (χ1n) is 12.4. The molecular weight excluding hydrogens is 382 g/mol. The average molecular weight is 424 g/mol. The van der Waals surface area contributed by atoms with Gasteiger partial charge in [0, 0.05) is 12.5 Å². The molecule has 1 aliphatic heterocycles. The number of hydrogen-bond acceptors (Lipinski definition) is 3. The summed E-state index contributed by atoms with van der Waals surface area (Å²) >= 11 is 0.